The summed E-state index contributed by atoms with van der Waals surface area (Å²) in [5.74, 6) is 0. The van der Waals surface area contributed by atoms with E-state index in [9.17, 15) is 0 Å². The van der Waals surface area contributed by atoms with E-state index in [1.165, 1.54) is 15.6 Å². The van der Waals surface area contributed by atoms with Gasteiger partial charge in [0.15, 0.2) is 0 Å². The number of nitrogens with one attached hydrogen (secondary N) is 1. The summed E-state index contributed by atoms with van der Waals surface area (Å²) in [6.45, 7) is 3.03. The van der Waals surface area contributed by atoms with Crippen LogP contribution in [-0.4, -0.2) is 11.5 Å². The molecule has 4 heteroatoms. The zero-order valence-electron chi connectivity index (χ0n) is 11.8. The lowest BCUT2D eigenvalue weighted by molar-refractivity contribution is 0.538. The molecule has 108 valence electrons. The van der Waals surface area contributed by atoms with Crippen LogP contribution >= 0.6 is 22.9 Å². The number of hydrogen-bond acceptors (Lipinski definition) is 3. The summed E-state index contributed by atoms with van der Waals surface area (Å²) in [5.41, 5.74) is 2.41. The SMILES string of the molecule is CCNC(Cc1csc2ccccc12)c1ccc(Cl)cn1. The van der Waals surface area contributed by atoms with Crippen molar-refractivity contribution in [3.63, 3.8) is 0 Å². The van der Waals surface area contributed by atoms with E-state index in [4.69, 9.17) is 11.6 Å². The number of benzene rings is 1. The van der Waals surface area contributed by atoms with Gasteiger partial charge in [0.2, 0.25) is 0 Å². The highest BCUT2D eigenvalue weighted by atomic mass is 35.5. The second-order valence-electron chi connectivity index (χ2n) is 4.97. The fourth-order valence-electron chi connectivity index (χ4n) is 2.53. The molecule has 0 aliphatic heterocycles. The summed E-state index contributed by atoms with van der Waals surface area (Å²) < 4.78 is 1.34. The molecule has 2 nitrogen and oxygen atoms in total. The average Bonchev–Trinajstić information content (AvgIpc) is 2.91. The molecular formula is C17H17ClN2S. The topological polar surface area (TPSA) is 24.9 Å². The van der Waals surface area contributed by atoms with E-state index in [0.29, 0.717) is 5.02 Å². The molecule has 0 saturated carbocycles. The molecule has 0 spiro atoms. The third-order valence-electron chi connectivity index (χ3n) is 3.54. The smallest absolute Gasteiger partial charge is 0.0589 e. The van der Waals surface area contributed by atoms with Crippen LogP contribution < -0.4 is 5.32 Å². The number of hydrogen-bond donors (Lipinski definition) is 1. The van der Waals surface area contributed by atoms with Crippen LogP contribution in [0.1, 0.15) is 24.2 Å². The maximum absolute atomic E-state index is 5.93. The molecule has 3 aromatic rings. The standard InChI is InChI=1S/C17H17ClN2S/c1-2-19-16(15-8-7-13(18)10-20-15)9-12-11-21-17-6-4-3-5-14(12)17/h3-8,10-11,16,19H,2,9H2,1H3. The van der Waals surface area contributed by atoms with E-state index >= 15 is 0 Å². The van der Waals surface area contributed by atoms with Crippen molar-refractivity contribution in [3.05, 3.63) is 64.3 Å². The molecule has 0 aliphatic rings. The predicted octanol–water partition coefficient (Wildman–Crippen LogP) is 4.84. The summed E-state index contributed by atoms with van der Waals surface area (Å²) >= 11 is 7.74. The van der Waals surface area contributed by atoms with Crippen molar-refractivity contribution in [2.24, 2.45) is 0 Å². The molecule has 1 N–H and O–H groups in total. The number of fused-ring (bicyclic) bond motifs is 1. The van der Waals surface area contributed by atoms with E-state index in [-0.39, 0.29) is 6.04 Å². The van der Waals surface area contributed by atoms with Crippen LogP contribution in [0.3, 0.4) is 0 Å². The van der Waals surface area contributed by atoms with Crippen molar-refractivity contribution in [1.82, 2.24) is 10.3 Å². The van der Waals surface area contributed by atoms with Gasteiger partial charge in [-0.3, -0.25) is 4.98 Å². The van der Waals surface area contributed by atoms with Gasteiger partial charge in [0.25, 0.3) is 0 Å². The molecule has 21 heavy (non-hydrogen) atoms. The van der Waals surface area contributed by atoms with Gasteiger partial charge in [-0.15, -0.1) is 11.3 Å². The van der Waals surface area contributed by atoms with Gasteiger partial charge in [-0.25, -0.2) is 0 Å². The van der Waals surface area contributed by atoms with Crippen LogP contribution in [0.5, 0.6) is 0 Å². The van der Waals surface area contributed by atoms with Crippen molar-refractivity contribution < 1.29 is 0 Å². The summed E-state index contributed by atoms with van der Waals surface area (Å²) in [4.78, 5) is 4.47. The molecule has 3 rings (SSSR count). The fourth-order valence-corrected chi connectivity index (χ4v) is 3.62. The molecule has 1 unspecified atom stereocenters. The van der Waals surface area contributed by atoms with E-state index in [1.54, 1.807) is 17.5 Å². The summed E-state index contributed by atoms with van der Waals surface area (Å²) in [5, 5.41) is 7.80. The average molecular weight is 317 g/mol. The molecule has 0 saturated heterocycles. The minimum atomic E-state index is 0.213. The first-order valence-corrected chi connectivity index (χ1v) is 8.33. The van der Waals surface area contributed by atoms with Crippen molar-refractivity contribution in [1.29, 1.82) is 0 Å². The highest BCUT2D eigenvalue weighted by molar-refractivity contribution is 7.17. The number of pyridine rings is 1. The Labute approximate surface area is 133 Å². The Morgan fingerprint density at radius 1 is 1.24 bits per heavy atom. The lowest BCUT2D eigenvalue weighted by atomic mass is 10.0. The third-order valence-corrected chi connectivity index (χ3v) is 4.78. The Kier molecular flexibility index (Phi) is 4.54. The van der Waals surface area contributed by atoms with Gasteiger partial charge in [-0.05, 0) is 47.5 Å². The number of likely N-dealkylation sites (N-methyl/N-ethyl adjacent to an activating group) is 1. The second-order valence-corrected chi connectivity index (χ2v) is 6.32. The zero-order valence-corrected chi connectivity index (χ0v) is 13.4. The number of nitrogens with zero attached hydrogens (tertiary/aromatic N) is 1. The van der Waals surface area contributed by atoms with Gasteiger partial charge < -0.3 is 5.32 Å². The number of rotatable bonds is 5. The highest BCUT2D eigenvalue weighted by Crippen LogP contribution is 2.29. The lowest BCUT2D eigenvalue weighted by Gasteiger charge is -2.17. The van der Waals surface area contributed by atoms with Gasteiger partial charge in [0.05, 0.1) is 16.8 Å². The van der Waals surface area contributed by atoms with E-state index < -0.39 is 0 Å². The van der Waals surface area contributed by atoms with Gasteiger partial charge in [-0.1, -0.05) is 36.7 Å². The second kappa shape index (κ2) is 6.56. The van der Waals surface area contributed by atoms with Crippen LogP contribution in [0.4, 0.5) is 0 Å². The quantitative estimate of drug-likeness (QED) is 0.728. The van der Waals surface area contributed by atoms with Crippen LogP contribution in [0.2, 0.25) is 5.02 Å². The predicted molar refractivity (Wildman–Crippen MR) is 91.2 cm³/mol. The molecular weight excluding hydrogens is 300 g/mol. The molecule has 0 radical (unpaired) electrons. The van der Waals surface area contributed by atoms with Crippen LogP contribution in [-0.2, 0) is 6.42 Å². The number of thiophene rings is 1. The summed E-state index contributed by atoms with van der Waals surface area (Å²) in [6.07, 6.45) is 2.65. The molecule has 2 aromatic heterocycles. The molecule has 1 aromatic carbocycles. The van der Waals surface area contributed by atoms with Crippen molar-refractivity contribution >= 4 is 33.0 Å². The van der Waals surface area contributed by atoms with Crippen molar-refractivity contribution in [2.75, 3.05) is 6.54 Å². The van der Waals surface area contributed by atoms with Crippen LogP contribution in [0.15, 0.2) is 48.0 Å². The Hall–Kier alpha value is -1.42. The maximum atomic E-state index is 5.93. The van der Waals surface area contributed by atoms with E-state index in [0.717, 1.165) is 18.7 Å². The van der Waals surface area contributed by atoms with E-state index in [1.807, 2.05) is 12.1 Å². The van der Waals surface area contributed by atoms with Gasteiger partial charge >= 0.3 is 0 Å². The van der Waals surface area contributed by atoms with Crippen LogP contribution in [0.25, 0.3) is 10.1 Å². The Balaban J connectivity index is 1.89. The number of aromatic nitrogens is 1. The fraction of sp³-hybridized carbons (Fsp3) is 0.235. The minimum absolute atomic E-state index is 0.213. The Morgan fingerprint density at radius 3 is 2.86 bits per heavy atom. The minimum Gasteiger partial charge on any atom is -0.309 e. The Morgan fingerprint density at radius 2 is 2.10 bits per heavy atom. The maximum Gasteiger partial charge on any atom is 0.0589 e. The molecule has 0 bridgehead atoms. The molecule has 0 amide bonds. The van der Waals surface area contributed by atoms with Gasteiger partial charge in [-0.2, -0.15) is 0 Å². The lowest BCUT2D eigenvalue weighted by Crippen LogP contribution is -2.23. The zero-order chi connectivity index (χ0) is 14.7. The normalized spacial score (nSPS) is 12.7. The first-order chi connectivity index (χ1) is 10.3. The third kappa shape index (κ3) is 3.26. The molecule has 0 aliphatic carbocycles. The monoisotopic (exact) mass is 316 g/mol. The largest absolute Gasteiger partial charge is 0.309 e. The first kappa shape index (κ1) is 14.5. The van der Waals surface area contributed by atoms with E-state index in [2.05, 4.69) is 46.9 Å². The van der Waals surface area contributed by atoms with Crippen LogP contribution in [0, 0.1) is 0 Å². The van der Waals surface area contributed by atoms with Gasteiger partial charge in [0, 0.05) is 10.9 Å². The number of halogens is 1. The molecule has 0 fully saturated rings. The van der Waals surface area contributed by atoms with Gasteiger partial charge in [0.1, 0.15) is 0 Å². The summed E-state index contributed by atoms with van der Waals surface area (Å²) in [6, 6.07) is 12.7. The highest BCUT2D eigenvalue weighted by Gasteiger charge is 2.15. The molecule has 1 atom stereocenters. The Bertz CT molecular complexity index is 721. The first-order valence-electron chi connectivity index (χ1n) is 7.08. The molecule has 2 heterocycles. The van der Waals surface area contributed by atoms with Crippen molar-refractivity contribution in [3.8, 4) is 0 Å². The van der Waals surface area contributed by atoms with Crippen molar-refractivity contribution in [2.45, 2.75) is 19.4 Å². The summed E-state index contributed by atoms with van der Waals surface area (Å²) in [7, 11) is 0.